The summed E-state index contributed by atoms with van der Waals surface area (Å²) in [6.45, 7) is 4.39. The van der Waals surface area contributed by atoms with Crippen molar-refractivity contribution in [2.45, 2.75) is 117 Å². The molecule has 0 rings (SSSR count). The van der Waals surface area contributed by atoms with E-state index in [2.05, 4.69) is 26.0 Å². The Morgan fingerprint density at radius 2 is 1.10 bits per heavy atom. The molecule has 0 heterocycles. The molecule has 0 bridgehead atoms. The molecule has 0 saturated carbocycles. The maximum atomic E-state index is 11.2. The van der Waals surface area contributed by atoms with Gasteiger partial charge in [-0.2, -0.15) is 8.42 Å². The van der Waals surface area contributed by atoms with Crippen molar-refractivity contribution < 1.29 is 27.4 Å². The van der Waals surface area contributed by atoms with E-state index in [9.17, 15) is 9.90 Å². The van der Waals surface area contributed by atoms with E-state index in [0.29, 0.717) is 0 Å². The molecule has 8 heteroatoms. The Morgan fingerprint density at radius 3 is 1.53 bits per heavy atom. The van der Waals surface area contributed by atoms with Crippen molar-refractivity contribution in [1.29, 1.82) is 0 Å². The monoisotopic (exact) mass is 460 g/mol. The summed E-state index contributed by atoms with van der Waals surface area (Å²) in [7, 11) is -4.67. The molecule has 0 amide bonds. The number of hydrogen-bond donors (Lipinski definition) is 3. The first kappa shape index (κ1) is 34.7. The third kappa shape index (κ3) is 35.5. The number of allylic oxidation sites excluding steroid dienone is 2. The van der Waals surface area contributed by atoms with E-state index >= 15 is 0 Å². The molecule has 0 aliphatic heterocycles. The van der Waals surface area contributed by atoms with Crippen molar-refractivity contribution in [3.8, 4) is 0 Å². The van der Waals surface area contributed by atoms with Gasteiger partial charge in [0, 0.05) is 0 Å². The van der Waals surface area contributed by atoms with Gasteiger partial charge >= 0.3 is 45.9 Å². The van der Waals surface area contributed by atoms with Crippen LogP contribution in [-0.4, -0.2) is 58.2 Å². The normalized spacial score (nSPS) is 12.1. The Kier molecular flexibility index (Phi) is 29.3. The number of unbranched alkanes of at least 4 members (excludes halogenated alkanes) is 11. The summed E-state index contributed by atoms with van der Waals surface area (Å²) in [4.78, 5) is 11.2. The second-order valence-corrected chi connectivity index (χ2v) is 8.54. The van der Waals surface area contributed by atoms with Crippen LogP contribution in [-0.2, 0) is 15.2 Å². The van der Waals surface area contributed by atoms with Gasteiger partial charge in [-0.15, -0.1) is 0 Å². The molecular weight excluding hydrogens is 415 g/mol. The molecule has 0 fully saturated rings. The second kappa shape index (κ2) is 25.3. The van der Waals surface area contributed by atoms with Crippen molar-refractivity contribution in [2.24, 2.45) is 5.92 Å². The van der Waals surface area contributed by atoms with Gasteiger partial charge in [-0.05, 0) is 38.5 Å². The molecule has 0 aromatic heterocycles. The van der Waals surface area contributed by atoms with Crippen molar-refractivity contribution in [2.75, 3.05) is 0 Å². The van der Waals surface area contributed by atoms with Gasteiger partial charge < -0.3 is 5.11 Å². The van der Waals surface area contributed by atoms with Crippen LogP contribution in [0.5, 0.6) is 0 Å². The molecule has 0 aromatic rings. The SMILES string of the molecule is CCCCCCCC/C=C\CCCCCCC(CCCC)C(=O)O.O=S(=O)(O)O.[NaH]. The number of aliphatic carboxylic acids is 1. The standard InChI is InChI=1S/C22H42O2.Na.H2O4S.H/c1-3-5-7-8-9-10-11-12-13-14-15-16-17-18-20-21(22(23)24)19-6-4-2;;1-5(2,3)4;/h12-13,21H,3-11,14-20H2,1-2H3,(H,23,24);;(H2,1,2,3,4);/b13-12-;;;. The third-order valence-electron chi connectivity index (χ3n) is 4.82. The molecular formula is C22H45NaO6S. The number of rotatable bonds is 18. The summed E-state index contributed by atoms with van der Waals surface area (Å²) in [6, 6.07) is 0. The predicted molar refractivity (Wildman–Crippen MR) is 127 cm³/mol. The van der Waals surface area contributed by atoms with E-state index in [-0.39, 0.29) is 35.5 Å². The van der Waals surface area contributed by atoms with E-state index in [0.717, 1.165) is 32.1 Å². The summed E-state index contributed by atoms with van der Waals surface area (Å²) in [5, 5.41) is 9.19. The van der Waals surface area contributed by atoms with E-state index in [1.807, 2.05) is 0 Å². The summed E-state index contributed by atoms with van der Waals surface area (Å²) >= 11 is 0. The maximum absolute atomic E-state index is 11.2. The first-order valence-electron chi connectivity index (χ1n) is 11.3. The average Bonchev–Trinajstić information content (AvgIpc) is 2.62. The Labute approximate surface area is 207 Å². The molecule has 0 aliphatic carbocycles. The van der Waals surface area contributed by atoms with Gasteiger partial charge in [0.25, 0.3) is 0 Å². The second-order valence-electron chi connectivity index (χ2n) is 7.64. The van der Waals surface area contributed by atoms with Gasteiger partial charge in [-0.25, -0.2) is 0 Å². The topological polar surface area (TPSA) is 112 Å². The average molecular weight is 461 g/mol. The molecule has 0 spiro atoms. The van der Waals surface area contributed by atoms with Crippen LogP contribution in [0.4, 0.5) is 0 Å². The molecule has 0 aliphatic rings. The Hall–Kier alpha value is 0.0800. The fourth-order valence-corrected chi connectivity index (χ4v) is 3.13. The van der Waals surface area contributed by atoms with Crippen molar-refractivity contribution >= 4 is 45.9 Å². The molecule has 1 unspecified atom stereocenters. The van der Waals surface area contributed by atoms with Crippen LogP contribution in [0.3, 0.4) is 0 Å². The summed E-state index contributed by atoms with van der Waals surface area (Å²) in [5.41, 5.74) is 0. The van der Waals surface area contributed by atoms with Crippen LogP contribution in [0, 0.1) is 5.92 Å². The number of carbonyl (C=O) groups is 1. The van der Waals surface area contributed by atoms with E-state index in [1.165, 1.54) is 70.6 Å². The van der Waals surface area contributed by atoms with Gasteiger partial charge in [0.05, 0.1) is 5.92 Å². The van der Waals surface area contributed by atoms with Crippen LogP contribution in [0.25, 0.3) is 0 Å². The van der Waals surface area contributed by atoms with Gasteiger partial charge in [-0.3, -0.25) is 13.9 Å². The van der Waals surface area contributed by atoms with Crippen LogP contribution in [0.1, 0.15) is 117 Å². The molecule has 0 saturated heterocycles. The van der Waals surface area contributed by atoms with Crippen molar-refractivity contribution in [3.63, 3.8) is 0 Å². The minimum absolute atomic E-state index is 0. The van der Waals surface area contributed by atoms with Gasteiger partial charge in [0.1, 0.15) is 0 Å². The third-order valence-corrected chi connectivity index (χ3v) is 4.82. The number of carboxylic acids is 1. The first-order valence-corrected chi connectivity index (χ1v) is 12.7. The van der Waals surface area contributed by atoms with Crippen molar-refractivity contribution in [3.05, 3.63) is 12.2 Å². The Morgan fingerprint density at radius 1 is 0.733 bits per heavy atom. The van der Waals surface area contributed by atoms with Crippen LogP contribution in [0.15, 0.2) is 12.2 Å². The molecule has 30 heavy (non-hydrogen) atoms. The summed E-state index contributed by atoms with van der Waals surface area (Å²) in [6.07, 6.45) is 24.0. The molecule has 3 N–H and O–H groups in total. The zero-order valence-electron chi connectivity index (χ0n) is 18.5. The molecule has 176 valence electrons. The number of carboxylic acid groups (broad SMARTS) is 1. The van der Waals surface area contributed by atoms with Crippen LogP contribution < -0.4 is 0 Å². The molecule has 6 nitrogen and oxygen atoms in total. The van der Waals surface area contributed by atoms with Crippen LogP contribution in [0.2, 0.25) is 0 Å². The van der Waals surface area contributed by atoms with Gasteiger partial charge in [-0.1, -0.05) is 90.2 Å². The van der Waals surface area contributed by atoms with Gasteiger partial charge in [0.2, 0.25) is 0 Å². The predicted octanol–water partition coefficient (Wildman–Crippen LogP) is 6.22. The fourth-order valence-electron chi connectivity index (χ4n) is 3.13. The van der Waals surface area contributed by atoms with E-state index in [1.54, 1.807) is 0 Å². The fraction of sp³-hybridized carbons (Fsp3) is 0.864. The Bertz CT molecular complexity index is 486. The van der Waals surface area contributed by atoms with E-state index < -0.39 is 16.4 Å². The van der Waals surface area contributed by atoms with Crippen LogP contribution >= 0.6 is 0 Å². The molecule has 0 aromatic carbocycles. The Balaban J connectivity index is -0.00000108. The zero-order valence-corrected chi connectivity index (χ0v) is 19.3. The molecule has 0 radical (unpaired) electrons. The first-order chi connectivity index (χ1) is 13.7. The summed E-state index contributed by atoms with van der Waals surface area (Å²) < 4.78 is 31.6. The van der Waals surface area contributed by atoms with Crippen molar-refractivity contribution in [1.82, 2.24) is 0 Å². The molecule has 1 atom stereocenters. The van der Waals surface area contributed by atoms with E-state index in [4.69, 9.17) is 17.5 Å². The number of hydrogen-bond acceptors (Lipinski definition) is 3. The quantitative estimate of drug-likeness (QED) is 0.0968. The minimum atomic E-state index is -4.67. The van der Waals surface area contributed by atoms with Gasteiger partial charge in [0.15, 0.2) is 0 Å². The summed E-state index contributed by atoms with van der Waals surface area (Å²) in [5.74, 6) is -0.705. The zero-order chi connectivity index (χ0) is 22.4.